The Balaban J connectivity index is 1.81. The van der Waals surface area contributed by atoms with Crippen LogP contribution in [0.15, 0.2) is 53.3 Å². The zero-order valence-corrected chi connectivity index (χ0v) is 15.0. The Labute approximate surface area is 153 Å². The number of methoxy groups -OCH3 is 2. The highest BCUT2D eigenvalue weighted by molar-refractivity contribution is 7.15. The zero-order valence-electron chi connectivity index (χ0n) is 14.2. The SMILES string of the molecule is COc1ccc(C=c2sc3nc(-c4ccccc4)nn3c2=O)c(OC)c1. The second kappa shape index (κ2) is 6.61. The summed E-state index contributed by atoms with van der Waals surface area (Å²) in [5.74, 6) is 1.87. The van der Waals surface area contributed by atoms with Crippen LogP contribution in [0.5, 0.6) is 11.5 Å². The maximum Gasteiger partial charge on any atom is 0.291 e. The van der Waals surface area contributed by atoms with E-state index in [2.05, 4.69) is 10.1 Å². The minimum atomic E-state index is -0.197. The monoisotopic (exact) mass is 365 g/mol. The third-order valence-electron chi connectivity index (χ3n) is 3.94. The van der Waals surface area contributed by atoms with Gasteiger partial charge >= 0.3 is 0 Å². The first-order valence-corrected chi connectivity index (χ1v) is 8.70. The molecule has 0 N–H and O–H groups in total. The van der Waals surface area contributed by atoms with E-state index in [1.807, 2.05) is 42.5 Å². The first-order valence-electron chi connectivity index (χ1n) is 7.88. The predicted molar refractivity (Wildman–Crippen MR) is 101 cm³/mol. The average Bonchev–Trinajstić information content (AvgIpc) is 3.22. The fourth-order valence-corrected chi connectivity index (χ4v) is 3.52. The lowest BCUT2D eigenvalue weighted by atomic mass is 10.2. The van der Waals surface area contributed by atoms with Gasteiger partial charge in [0.05, 0.1) is 18.8 Å². The summed E-state index contributed by atoms with van der Waals surface area (Å²) in [4.78, 5) is 17.7. The molecule has 0 aliphatic rings. The molecule has 0 atom stereocenters. The van der Waals surface area contributed by atoms with Gasteiger partial charge in [-0.3, -0.25) is 4.79 Å². The van der Waals surface area contributed by atoms with Crippen molar-refractivity contribution in [3.63, 3.8) is 0 Å². The van der Waals surface area contributed by atoms with Crippen molar-refractivity contribution in [3.8, 4) is 22.9 Å². The molecule has 2 aromatic carbocycles. The van der Waals surface area contributed by atoms with Gasteiger partial charge in [-0.2, -0.15) is 9.50 Å². The van der Waals surface area contributed by atoms with Crippen LogP contribution < -0.4 is 19.6 Å². The molecule has 6 nitrogen and oxygen atoms in total. The summed E-state index contributed by atoms with van der Waals surface area (Å²) in [5, 5.41) is 4.35. The van der Waals surface area contributed by atoms with Gasteiger partial charge in [-0.05, 0) is 18.2 Å². The second-order valence-corrected chi connectivity index (χ2v) is 6.53. The number of benzene rings is 2. The van der Waals surface area contributed by atoms with Crippen molar-refractivity contribution in [1.29, 1.82) is 0 Å². The minimum Gasteiger partial charge on any atom is -0.497 e. The normalized spacial score (nSPS) is 11.8. The van der Waals surface area contributed by atoms with Crippen molar-refractivity contribution < 1.29 is 9.47 Å². The lowest BCUT2D eigenvalue weighted by Gasteiger charge is -2.06. The zero-order chi connectivity index (χ0) is 18.1. The molecule has 0 aliphatic carbocycles. The molecule has 0 saturated carbocycles. The molecule has 7 heteroatoms. The Bertz CT molecular complexity index is 1180. The van der Waals surface area contributed by atoms with Crippen molar-refractivity contribution in [3.05, 3.63) is 69.0 Å². The van der Waals surface area contributed by atoms with Crippen molar-refractivity contribution in [1.82, 2.24) is 14.6 Å². The van der Waals surface area contributed by atoms with E-state index in [-0.39, 0.29) is 5.56 Å². The maximum absolute atomic E-state index is 12.7. The number of rotatable bonds is 4. The predicted octanol–water partition coefficient (Wildman–Crippen LogP) is 2.38. The standard InChI is InChI=1S/C19H15N3O3S/c1-24-14-9-8-13(15(11-14)25-2)10-16-18(23)22-19(26-16)20-17(21-22)12-6-4-3-5-7-12/h3-11H,1-2H3. The van der Waals surface area contributed by atoms with Crippen LogP contribution >= 0.6 is 11.3 Å². The molecule has 0 amide bonds. The summed E-state index contributed by atoms with van der Waals surface area (Å²) in [6.45, 7) is 0. The van der Waals surface area contributed by atoms with Crippen LogP contribution in [0.25, 0.3) is 22.4 Å². The van der Waals surface area contributed by atoms with Crippen LogP contribution in [0.4, 0.5) is 0 Å². The molecule has 4 rings (SSSR count). The van der Waals surface area contributed by atoms with E-state index in [1.165, 1.54) is 15.9 Å². The highest BCUT2D eigenvalue weighted by Crippen LogP contribution is 2.25. The van der Waals surface area contributed by atoms with Gasteiger partial charge in [0.15, 0.2) is 5.82 Å². The number of thiazole rings is 1. The number of hydrogen-bond donors (Lipinski definition) is 0. The third kappa shape index (κ3) is 2.82. The minimum absolute atomic E-state index is 0.197. The van der Waals surface area contributed by atoms with Crippen molar-refractivity contribution >= 4 is 22.4 Å². The largest absolute Gasteiger partial charge is 0.497 e. The maximum atomic E-state index is 12.7. The highest BCUT2D eigenvalue weighted by atomic mass is 32.1. The van der Waals surface area contributed by atoms with E-state index in [0.717, 1.165) is 11.1 Å². The molecule has 2 aromatic heterocycles. The van der Waals surface area contributed by atoms with Crippen molar-refractivity contribution in [2.45, 2.75) is 0 Å². The van der Waals surface area contributed by atoms with Crippen molar-refractivity contribution in [2.24, 2.45) is 0 Å². The van der Waals surface area contributed by atoms with Crippen LogP contribution in [-0.4, -0.2) is 28.8 Å². The topological polar surface area (TPSA) is 65.7 Å². The summed E-state index contributed by atoms with van der Waals surface area (Å²) in [7, 11) is 3.18. The Morgan fingerprint density at radius 1 is 1.08 bits per heavy atom. The Morgan fingerprint density at radius 2 is 1.88 bits per heavy atom. The van der Waals surface area contributed by atoms with Gasteiger partial charge in [0.25, 0.3) is 5.56 Å². The summed E-state index contributed by atoms with van der Waals surface area (Å²) < 4.78 is 12.5. The lowest BCUT2D eigenvalue weighted by molar-refractivity contribution is 0.393. The second-order valence-electron chi connectivity index (χ2n) is 5.52. The molecule has 4 aromatic rings. The molecule has 26 heavy (non-hydrogen) atoms. The van der Waals surface area contributed by atoms with Gasteiger partial charge in [0.2, 0.25) is 4.96 Å². The van der Waals surface area contributed by atoms with Crippen LogP contribution in [0.1, 0.15) is 5.56 Å². The molecule has 0 spiro atoms. The molecule has 0 unspecified atom stereocenters. The lowest BCUT2D eigenvalue weighted by Crippen LogP contribution is -2.23. The van der Waals surface area contributed by atoms with E-state index < -0.39 is 0 Å². The fraction of sp³-hybridized carbons (Fsp3) is 0.105. The van der Waals surface area contributed by atoms with Gasteiger partial charge in [-0.1, -0.05) is 41.7 Å². The number of ether oxygens (including phenoxy) is 2. The van der Waals surface area contributed by atoms with E-state index >= 15 is 0 Å². The average molecular weight is 365 g/mol. The third-order valence-corrected chi connectivity index (χ3v) is 4.90. The van der Waals surface area contributed by atoms with Gasteiger partial charge in [-0.25, -0.2) is 0 Å². The number of fused-ring (bicyclic) bond motifs is 1. The van der Waals surface area contributed by atoms with E-state index in [4.69, 9.17) is 9.47 Å². The molecular weight excluding hydrogens is 350 g/mol. The molecule has 0 fully saturated rings. The summed E-state index contributed by atoms with van der Waals surface area (Å²) in [5.41, 5.74) is 1.47. The number of nitrogens with zero attached hydrogens (tertiary/aromatic N) is 3. The summed E-state index contributed by atoms with van der Waals surface area (Å²) in [6.07, 6.45) is 1.78. The molecule has 0 radical (unpaired) electrons. The first-order chi connectivity index (χ1) is 12.7. The molecule has 0 bridgehead atoms. The number of aromatic nitrogens is 3. The van der Waals surface area contributed by atoms with Gasteiger partial charge < -0.3 is 9.47 Å². The molecule has 0 saturated heterocycles. The molecular formula is C19H15N3O3S. The van der Waals surface area contributed by atoms with Crippen LogP contribution in [-0.2, 0) is 0 Å². The van der Waals surface area contributed by atoms with Gasteiger partial charge in [0, 0.05) is 17.2 Å². The van der Waals surface area contributed by atoms with Gasteiger partial charge in [0.1, 0.15) is 11.5 Å². The Morgan fingerprint density at radius 3 is 2.58 bits per heavy atom. The first kappa shape index (κ1) is 16.3. The Hall–Kier alpha value is -3.19. The van der Waals surface area contributed by atoms with Crippen LogP contribution in [0.2, 0.25) is 0 Å². The molecule has 0 aliphatic heterocycles. The van der Waals surface area contributed by atoms with E-state index in [9.17, 15) is 4.79 Å². The summed E-state index contributed by atoms with van der Waals surface area (Å²) in [6, 6.07) is 15.0. The van der Waals surface area contributed by atoms with Crippen LogP contribution in [0, 0.1) is 0 Å². The smallest absolute Gasteiger partial charge is 0.291 e. The highest BCUT2D eigenvalue weighted by Gasteiger charge is 2.12. The molecule has 130 valence electrons. The van der Waals surface area contributed by atoms with Crippen LogP contribution in [0.3, 0.4) is 0 Å². The summed E-state index contributed by atoms with van der Waals surface area (Å²) >= 11 is 1.30. The fourth-order valence-electron chi connectivity index (χ4n) is 2.62. The molecule has 2 heterocycles. The quantitative estimate of drug-likeness (QED) is 0.556. The Kier molecular flexibility index (Phi) is 4.14. The van der Waals surface area contributed by atoms with Gasteiger partial charge in [-0.15, -0.1) is 5.10 Å². The van der Waals surface area contributed by atoms with Crippen molar-refractivity contribution in [2.75, 3.05) is 14.2 Å². The van der Waals surface area contributed by atoms with E-state index in [1.54, 1.807) is 26.4 Å². The van der Waals surface area contributed by atoms with E-state index in [0.29, 0.717) is 26.8 Å². The number of hydrogen-bond acceptors (Lipinski definition) is 6.